The van der Waals surface area contributed by atoms with Gasteiger partial charge in [-0.2, -0.15) is 0 Å². The van der Waals surface area contributed by atoms with Gasteiger partial charge in [-0.15, -0.1) is 0 Å². The Balaban J connectivity index is 2.08. The van der Waals surface area contributed by atoms with Gasteiger partial charge in [-0.1, -0.05) is 37.6 Å². The van der Waals surface area contributed by atoms with Gasteiger partial charge in [-0.25, -0.2) is 0 Å². The van der Waals surface area contributed by atoms with E-state index in [9.17, 15) is 0 Å². The predicted octanol–water partition coefficient (Wildman–Crippen LogP) is 2.48. The van der Waals surface area contributed by atoms with Crippen molar-refractivity contribution in [1.29, 1.82) is 0 Å². The maximum Gasteiger partial charge on any atom is 0.0854 e. The van der Waals surface area contributed by atoms with Crippen molar-refractivity contribution in [2.45, 2.75) is 26.3 Å². The van der Waals surface area contributed by atoms with E-state index in [1.165, 1.54) is 24.0 Å². The molecule has 0 aromatic heterocycles. The van der Waals surface area contributed by atoms with E-state index in [0.29, 0.717) is 0 Å². The van der Waals surface area contributed by atoms with E-state index in [0.717, 1.165) is 19.6 Å². The molecule has 1 heterocycles. The Morgan fingerprint density at radius 2 is 2.07 bits per heavy atom. The van der Waals surface area contributed by atoms with Gasteiger partial charge < -0.3 is 4.90 Å². The summed E-state index contributed by atoms with van der Waals surface area (Å²) in [6.45, 7) is 5.27. The summed E-state index contributed by atoms with van der Waals surface area (Å²) in [5.41, 5.74) is 2.94. The second kappa shape index (κ2) is 4.96. The van der Waals surface area contributed by atoms with Crippen LogP contribution in [0, 0.1) is 0 Å². The van der Waals surface area contributed by atoms with Crippen LogP contribution in [-0.4, -0.2) is 24.3 Å². The summed E-state index contributed by atoms with van der Waals surface area (Å²) >= 11 is 0. The third-order valence-corrected chi connectivity index (χ3v) is 2.77. The maximum absolute atomic E-state index is 4.24. The highest BCUT2D eigenvalue weighted by atomic mass is 15.2. The lowest BCUT2D eigenvalue weighted by molar-refractivity contribution is 0.461. The Morgan fingerprint density at radius 1 is 1.27 bits per heavy atom. The quantitative estimate of drug-likeness (QED) is 0.732. The van der Waals surface area contributed by atoms with Crippen LogP contribution in [0.15, 0.2) is 29.3 Å². The van der Waals surface area contributed by atoms with Crippen molar-refractivity contribution in [2.24, 2.45) is 4.99 Å². The highest BCUT2D eigenvalue weighted by Crippen LogP contribution is 2.13. The molecule has 2 heteroatoms. The average molecular weight is 202 g/mol. The fourth-order valence-corrected chi connectivity index (χ4v) is 1.98. The first-order valence-electron chi connectivity index (χ1n) is 5.71. The predicted molar refractivity (Wildman–Crippen MR) is 64.2 cm³/mol. The van der Waals surface area contributed by atoms with Crippen molar-refractivity contribution in [3.8, 4) is 0 Å². The molecule has 0 spiro atoms. The Labute approximate surface area is 91.6 Å². The van der Waals surface area contributed by atoms with Gasteiger partial charge in [0.2, 0.25) is 0 Å². The fraction of sp³-hybridized carbons (Fsp3) is 0.462. The first-order valence-corrected chi connectivity index (χ1v) is 5.71. The highest BCUT2D eigenvalue weighted by Gasteiger charge is 2.08. The van der Waals surface area contributed by atoms with Gasteiger partial charge in [0.15, 0.2) is 0 Å². The van der Waals surface area contributed by atoms with Gasteiger partial charge in [0.05, 0.1) is 12.9 Å². The van der Waals surface area contributed by atoms with Crippen LogP contribution in [0.1, 0.15) is 24.5 Å². The zero-order chi connectivity index (χ0) is 10.5. The van der Waals surface area contributed by atoms with Crippen molar-refractivity contribution in [2.75, 3.05) is 13.1 Å². The lowest BCUT2D eigenvalue weighted by atomic mass is 10.0. The van der Waals surface area contributed by atoms with Crippen LogP contribution in [0.3, 0.4) is 0 Å². The standard InChI is InChI=1S/C13H18N2/c1-2-5-12-6-3-4-7-13(12)10-15-9-8-14-11-15/h3-4,6-7,11H,2,5,8-10H2,1H3. The third-order valence-electron chi connectivity index (χ3n) is 2.77. The van der Waals surface area contributed by atoms with Crippen molar-refractivity contribution < 1.29 is 0 Å². The molecule has 2 nitrogen and oxygen atoms in total. The molecule has 0 amide bonds. The summed E-state index contributed by atoms with van der Waals surface area (Å²) in [7, 11) is 0. The first-order chi connectivity index (χ1) is 7.40. The number of aliphatic imine (C=N–C) groups is 1. The molecule has 0 bridgehead atoms. The first kappa shape index (κ1) is 10.2. The Kier molecular flexibility index (Phi) is 3.38. The number of benzene rings is 1. The Bertz CT molecular complexity index is 344. The molecular formula is C13H18N2. The monoisotopic (exact) mass is 202 g/mol. The van der Waals surface area contributed by atoms with Crippen LogP contribution in [0.4, 0.5) is 0 Å². The van der Waals surface area contributed by atoms with E-state index < -0.39 is 0 Å². The van der Waals surface area contributed by atoms with E-state index in [1.807, 2.05) is 6.34 Å². The second-order valence-corrected chi connectivity index (χ2v) is 4.01. The molecule has 0 fully saturated rings. The minimum absolute atomic E-state index is 0.954. The number of nitrogens with zero attached hydrogens (tertiary/aromatic N) is 2. The molecule has 1 aliphatic heterocycles. The SMILES string of the molecule is CCCc1ccccc1CN1C=NCC1. The fourth-order valence-electron chi connectivity index (χ4n) is 1.98. The Morgan fingerprint density at radius 3 is 2.73 bits per heavy atom. The molecule has 0 unspecified atom stereocenters. The topological polar surface area (TPSA) is 15.6 Å². The third kappa shape index (κ3) is 2.58. The summed E-state index contributed by atoms with van der Waals surface area (Å²) in [5.74, 6) is 0. The molecule has 1 aliphatic rings. The molecule has 1 aromatic rings. The largest absolute Gasteiger partial charge is 0.357 e. The van der Waals surface area contributed by atoms with Crippen LogP contribution in [0.2, 0.25) is 0 Å². The van der Waals surface area contributed by atoms with Crippen molar-refractivity contribution in [3.05, 3.63) is 35.4 Å². The summed E-state index contributed by atoms with van der Waals surface area (Å²) < 4.78 is 0. The van der Waals surface area contributed by atoms with Gasteiger partial charge in [-0.3, -0.25) is 4.99 Å². The molecule has 0 saturated heterocycles. The van der Waals surface area contributed by atoms with Crippen LogP contribution in [0.25, 0.3) is 0 Å². The van der Waals surface area contributed by atoms with Crippen LogP contribution < -0.4 is 0 Å². The molecule has 15 heavy (non-hydrogen) atoms. The van der Waals surface area contributed by atoms with Gasteiger partial charge in [0, 0.05) is 13.1 Å². The van der Waals surface area contributed by atoms with E-state index in [1.54, 1.807) is 0 Å². The van der Waals surface area contributed by atoms with Crippen molar-refractivity contribution in [3.63, 3.8) is 0 Å². The van der Waals surface area contributed by atoms with Crippen LogP contribution in [-0.2, 0) is 13.0 Å². The summed E-state index contributed by atoms with van der Waals surface area (Å²) in [5, 5.41) is 0. The lowest BCUT2D eigenvalue weighted by Gasteiger charge is -2.16. The smallest absolute Gasteiger partial charge is 0.0854 e. The number of hydrogen-bond donors (Lipinski definition) is 0. The summed E-state index contributed by atoms with van der Waals surface area (Å²) in [6.07, 6.45) is 4.37. The van der Waals surface area contributed by atoms with Gasteiger partial charge >= 0.3 is 0 Å². The van der Waals surface area contributed by atoms with Gasteiger partial charge in [-0.05, 0) is 17.5 Å². The molecule has 0 atom stereocenters. The van der Waals surface area contributed by atoms with E-state index >= 15 is 0 Å². The second-order valence-electron chi connectivity index (χ2n) is 4.01. The molecule has 2 rings (SSSR count). The normalized spacial score (nSPS) is 14.9. The molecule has 0 saturated carbocycles. The summed E-state index contributed by atoms with van der Waals surface area (Å²) in [6, 6.07) is 8.73. The van der Waals surface area contributed by atoms with Crippen LogP contribution >= 0.6 is 0 Å². The number of hydrogen-bond acceptors (Lipinski definition) is 2. The van der Waals surface area contributed by atoms with Crippen LogP contribution in [0.5, 0.6) is 0 Å². The molecule has 80 valence electrons. The molecule has 0 N–H and O–H groups in total. The lowest BCUT2D eigenvalue weighted by Crippen LogP contribution is -2.19. The molecular weight excluding hydrogens is 184 g/mol. The average Bonchev–Trinajstić information content (AvgIpc) is 2.74. The van der Waals surface area contributed by atoms with E-state index in [2.05, 4.69) is 41.1 Å². The zero-order valence-corrected chi connectivity index (χ0v) is 9.32. The van der Waals surface area contributed by atoms with Crippen molar-refractivity contribution >= 4 is 6.34 Å². The maximum atomic E-state index is 4.24. The molecule has 0 aliphatic carbocycles. The zero-order valence-electron chi connectivity index (χ0n) is 9.32. The van der Waals surface area contributed by atoms with Crippen molar-refractivity contribution in [1.82, 2.24) is 4.90 Å². The minimum Gasteiger partial charge on any atom is -0.357 e. The highest BCUT2D eigenvalue weighted by molar-refractivity contribution is 5.57. The number of rotatable bonds is 4. The summed E-state index contributed by atoms with van der Waals surface area (Å²) in [4.78, 5) is 6.52. The molecule has 1 aromatic carbocycles. The van der Waals surface area contributed by atoms with E-state index in [-0.39, 0.29) is 0 Å². The van der Waals surface area contributed by atoms with Gasteiger partial charge in [0.25, 0.3) is 0 Å². The minimum atomic E-state index is 0.954. The van der Waals surface area contributed by atoms with E-state index in [4.69, 9.17) is 0 Å². The number of aryl methyl sites for hydroxylation is 1. The van der Waals surface area contributed by atoms with Gasteiger partial charge in [0.1, 0.15) is 0 Å². The Hall–Kier alpha value is -1.31. The molecule has 0 radical (unpaired) electrons.